The first-order valence-electron chi connectivity index (χ1n) is 7.61. The number of aryl methyl sites for hydroxylation is 1. The molecule has 0 spiro atoms. The molecular formula is C18H16N4O4S. The van der Waals surface area contributed by atoms with Crippen LogP contribution in [-0.2, 0) is 0 Å². The first-order valence-corrected chi connectivity index (χ1v) is 8.84. The van der Waals surface area contributed by atoms with E-state index in [1.807, 2.05) is 6.92 Å². The van der Waals surface area contributed by atoms with Crippen molar-refractivity contribution in [3.63, 3.8) is 0 Å². The molecule has 2 aromatic rings. The first kappa shape index (κ1) is 19.8. The first-order chi connectivity index (χ1) is 12.8. The van der Waals surface area contributed by atoms with Crippen molar-refractivity contribution in [3.8, 4) is 11.9 Å². The summed E-state index contributed by atoms with van der Waals surface area (Å²) in [5.41, 5.74) is 1.56. The molecule has 8 nitrogen and oxygen atoms in total. The van der Waals surface area contributed by atoms with Gasteiger partial charge in [0.2, 0.25) is 0 Å². The highest BCUT2D eigenvalue weighted by Gasteiger charge is 2.13. The van der Waals surface area contributed by atoms with E-state index >= 15 is 0 Å². The van der Waals surface area contributed by atoms with Crippen LogP contribution in [0.5, 0.6) is 5.75 Å². The molecule has 1 amide bonds. The number of hydrogen-bond acceptors (Lipinski definition) is 6. The minimum atomic E-state index is -1.30. The molecule has 0 aliphatic rings. The van der Waals surface area contributed by atoms with Crippen LogP contribution >= 0.6 is 11.8 Å². The summed E-state index contributed by atoms with van der Waals surface area (Å²) >= 11 is 1.26. The number of rotatable bonds is 4. The average Bonchev–Trinajstić information content (AvgIpc) is 2.64. The normalized spacial score (nSPS) is 10.8. The largest absolute Gasteiger partial charge is 0.507 e. The number of hydrogen-bond donors (Lipinski definition) is 4. The van der Waals surface area contributed by atoms with Crippen molar-refractivity contribution in [2.45, 2.75) is 6.92 Å². The summed E-state index contributed by atoms with van der Waals surface area (Å²) in [4.78, 5) is 27.9. The highest BCUT2D eigenvalue weighted by molar-refractivity contribution is 8.13. The Morgan fingerprint density at radius 3 is 2.59 bits per heavy atom. The Hall–Kier alpha value is -3.51. The molecule has 0 aromatic heterocycles. The smallest absolute Gasteiger partial charge is 0.339 e. The lowest BCUT2D eigenvalue weighted by molar-refractivity contribution is 0.0693. The average molecular weight is 384 g/mol. The molecule has 0 bridgehead atoms. The number of thioether (sulfide) groups is 1. The van der Waals surface area contributed by atoms with Gasteiger partial charge in [0.15, 0.2) is 11.4 Å². The van der Waals surface area contributed by atoms with Crippen molar-refractivity contribution in [2.24, 2.45) is 4.99 Å². The topological polar surface area (TPSA) is 135 Å². The summed E-state index contributed by atoms with van der Waals surface area (Å²) in [5.74, 6) is -2.15. The zero-order chi connectivity index (χ0) is 20.0. The fraction of sp³-hybridized carbons (Fsp3) is 0.111. The van der Waals surface area contributed by atoms with Gasteiger partial charge in [0.25, 0.3) is 5.91 Å². The van der Waals surface area contributed by atoms with Gasteiger partial charge in [-0.05, 0) is 49.1 Å². The third-order valence-corrected chi connectivity index (χ3v) is 4.11. The Morgan fingerprint density at radius 2 is 1.96 bits per heavy atom. The second-order valence-corrected chi connectivity index (χ2v) is 6.15. The van der Waals surface area contributed by atoms with Gasteiger partial charge >= 0.3 is 5.97 Å². The SMILES string of the molecule is CSC(=Nc1cc(C(=O)Nc2ccc(O)c(C(=O)O)c2)ccc1C)NC#N. The molecule has 0 aliphatic carbocycles. The molecule has 2 aromatic carbocycles. The van der Waals surface area contributed by atoms with Gasteiger partial charge in [-0.2, -0.15) is 5.26 Å². The predicted octanol–water partition coefficient (Wildman–Crippen LogP) is 3.07. The molecule has 2 rings (SSSR count). The lowest BCUT2D eigenvalue weighted by Gasteiger charge is -2.09. The summed E-state index contributed by atoms with van der Waals surface area (Å²) in [6.07, 6.45) is 3.56. The van der Waals surface area contributed by atoms with Gasteiger partial charge in [-0.15, -0.1) is 0 Å². The predicted molar refractivity (Wildman–Crippen MR) is 104 cm³/mol. The van der Waals surface area contributed by atoms with Crippen molar-refractivity contribution < 1.29 is 19.8 Å². The number of amidine groups is 1. The van der Waals surface area contributed by atoms with Gasteiger partial charge in [-0.1, -0.05) is 17.8 Å². The van der Waals surface area contributed by atoms with Crippen molar-refractivity contribution in [3.05, 3.63) is 53.1 Å². The molecule has 27 heavy (non-hydrogen) atoms. The zero-order valence-corrected chi connectivity index (χ0v) is 15.3. The highest BCUT2D eigenvalue weighted by Crippen LogP contribution is 2.24. The van der Waals surface area contributed by atoms with Crippen LogP contribution in [0.1, 0.15) is 26.3 Å². The standard InChI is InChI=1S/C18H16N4O4S/c1-10-3-4-11(7-14(10)22-18(27-2)20-9-19)16(24)21-12-5-6-15(23)13(8-12)17(25)26/h3-8,23H,1-2H3,(H,20,22)(H,21,24)(H,25,26). The van der Waals surface area contributed by atoms with Crippen LogP contribution in [0, 0.1) is 18.4 Å². The molecule has 0 saturated carbocycles. The maximum Gasteiger partial charge on any atom is 0.339 e. The fourth-order valence-corrected chi connectivity index (χ4v) is 2.48. The Morgan fingerprint density at radius 1 is 1.22 bits per heavy atom. The molecule has 0 radical (unpaired) electrons. The number of nitrogens with zero attached hydrogens (tertiary/aromatic N) is 2. The van der Waals surface area contributed by atoms with Crippen molar-refractivity contribution >= 4 is 40.2 Å². The van der Waals surface area contributed by atoms with E-state index in [2.05, 4.69) is 15.6 Å². The van der Waals surface area contributed by atoms with E-state index in [1.165, 1.54) is 30.0 Å². The van der Waals surface area contributed by atoms with E-state index < -0.39 is 11.9 Å². The van der Waals surface area contributed by atoms with E-state index in [1.54, 1.807) is 30.6 Å². The molecule has 0 saturated heterocycles. The van der Waals surface area contributed by atoms with Crippen molar-refractivity contribution in [1.29, 1.82) is 5.26 Å². The van der Waals surface area contributed by atoms with Gasteiger partial charge in [0.1, 0.15) is 11.3 Å². The number of phenols is 1. The van der Waals surface area contributed by atoms with E-state index in [-0.39, 0.29) is 17.0 Å². The number of aromatic hydroxyl groups is 1. The number of carboxylic acid groups (broad SMARTS) is 1. The summed E-state index contributed by atoms with van der Waals surface area (Å²) < 4.78 is 0. The molecule has 0 aliphatic heterocycles. The number of carboxylic acids is 1. The van der Waals surface area contributed by atoms with Crippen molar-refractivity contribution in [2.75, 3.05) is 11.6 Å². The van der Waals surface area contributed by atoms with Gasteiger partial charge < -0.3 is 15.5 Å². The molecule has 0 atom stereocenters. The molecule has 0 unspecified atom stereocenters. The fourth-order valence-electron chi connectivity index (χ4n) is 2.14. The van der Waals surface area contributed by atoms with Crippen LogP contribution in [0.3, 0.4) is 0 Å². The molecule has 9 heteroatoms. The number of anilines is 1. The van der Waals surface area contributed by atoms with Crippen LogP contribution in [0.2, 0.25) is 0 Å². The van der Waals surface area contributed by atoms with Crippen LogP contribution < -0.4 is 10.6 Å². The number of amides is 1. The number of benzene rings is 2. The quantitative estimate of drug-likeness (QED) is 0.209. The number of nitrogens with one attached hydrogen (secondary N) is 2. The number of aromatic carboxylic acids is 1. The summed E-state index contributed by atoms with van der Waals surface area (Å²) in [7, 11) is 0. The van der Waals surface area contributed by atoms with Crippen LogP contribution in [0.15, 0.2) is 41.4 Å². The second-order valence-electron chi connectivity index (χ2n) is 5.35. The summed E-state index contributed by atoms with van der Waals surface area (Å²) in [6.45, 7) is 1.82. The van der Waals surface area contributed by atoms with Gasteiger partial charge in [-0.3, -0.25) is 10.1 Å². The zero-order valence-electron chi connectivity index (χ0n) is 14.5. The second kappa shape index (κ2) is 8.73. The number of carbonyl (C=O) groups is 2. The van der Waals surface area contributed by atoms with Gasteiger partial charge in [0.05, 0.1) is 5.69 Å². The molecule has 138 valence electrons. The Labute approximate surface area is 159 Å². The van der Waals surface area contributed by atoms with Crippen molar-refractivity contribution in [1.82, 2.24) is 5.32 Å². The number of carbonyl (C=O) groups excluding carboxylic acids is 1. The lowest BCUT2D eigenvalue weighted by atomic mass is 10.1. The minimum Gasteiger partial charge on any atom is -0.507 e. The van der Waals surface area contributed by atoms with Gasteiger partial charge in [0, 0.05) is 11.3 Å². The minimum absolute atomic E-state index is 0.233. The monoisotopic (exact) mass is 384 g/mol. The maximum atomic E-state index is 12.5. The molecule has 0 fully saturated rings. The van der Waals surface area contributed by atoms with Crippen LogP contribution in [0.4, 0.5) is 11.4 Å². The highest BCUT2D eigenvalue weighted by atomic mass is 32.2. The lowest BCUT2D eigenvalue weighted by Crippen LogP contribution is -2.14. The Bertz CT molecular complexity index is 966. The molecule has 0 heterocycles. The van der Waals surface area contributed by atoms with E-state index in [4.69, 9.17) is 10.4 Å². The Kier molecular flexibility index (Phi) is 6.41. The summed E-state index contributed by atoms with van der Waals surface area (Å²) in [6, 6.07) is 8.66. The Balaban J connectivity index is 2.30. The third-order valence-electron chi connectivity index (χ3n) is 3.53. The number of aliphatic imine (C=N–C) groups is 1. The van der Waals surface area contributed by atoms with E-state index in [0.717, 1.165) is 5.56 Å². The molecular weight excluding hydrogens is 368 g/mol. The summed E-state index contributed by atoms with van der Waals surface area (Å²) in [5, 5.41) is 32.7. The van der Waals surface area contributed by atoms with Gasteiger partial charge in [-0.25, -0.2) is 9.79 Å². The number of nitriles is 1. The third kappa shape index (κ3) is 4.99. The maximum absolute atomic E-state index is 12.5. The van der Waals surface area contributed by atoms with E-state index in [9.17, 15) is 14.7 Å². The van der Waals surface area contributed by atoms with E-state index in [0.29, 0.717) is 16.4 Å². The van der Waals surface area contributed by atoms with Crippen LogP contribution in [-0.4, -0.2) is 33.5 Å². The molecule has 4 N–H and O–H groups in total. The van der Waals surface area contributed by atoms with Crippen LogP contribution in [0.25, 0.3) is 0 Å².